The van der Waals surface area contributed by atoms with Crippen LogP contribution in [0.5, 0.6) is 5.75 Å². The summed E-state index contributed by atoms with van der Waals surface area (Å²) < 4.78 is 40.5. The summed E-state index contributed by atoms with van der Waals surface area (Å²) >= 11 is 0. The summed E-state index contributed by atoms with van der Waals surface area (Å²) in [5.41, 5.74) is 3.19. The van der Waals surface area contributed by atoms with Crippen molar-refractivity contribution in [2.24, 2.45) is 0 Å². The zero-order valence-corrected chi connectivity index (χ0v) is 15.9. The van der Waals surface area contributed by atoms with Gasteiger partial charge in [0.05, 0.1) is 5.54 Å². The highest BCUT2D eigenvalue weighted by Crippen LogP contribution is 2.23. The van der Waals surface area contributed by atoms with Gasteiger partial charge in [-0.1, -0.05) is 17.7 Å². The average molecular weight is 394 g/mol. The van der Waals surface area contributed by atoms with E-state index in [4.69, 9.17) is 0 Å². The number of ether oxygens (including phenoxy) is 1. The normalized spacial score (nSPS) is 11.7. The quantitative estimate of drug-likeness (QED) is 0.781. The van der Waals surface area contributed by atoms with Crippen molar-refractivity contribution in [2.45, 2.75) is 39.6 Å². The molecule has 2 amide bonds. The number of carbonyl (C=O) groups excluding carboxylic acids is 2. The highest BCUT2D eigenvalue weighted by molar-refractivity contribution is 5.99. The third-order valence-corrected chi connectivity index (χ3v) is 3.70. The molecule has 0 bridgehead atoms. The summed E-state index contributed by atoms with van der Waals surface area (Å²) in [6.45, 7) is 7.10. The largest absolute Gasteiger partial charge is 0.573 e. The Kier molecular flexibility index (Phi) is 6.01. The van der Waals surface area contributed by atoms with Gasteiger partial charge in [0.2, 0.25) is 0 Å². The minimum Gasteiger partial charge on any atom is -0.406 e. The van der Waals surface area contributed by atoms with Crippen LogP contribution in [-0.4, -0.2) is 28.7 Å². The number of carbonyl (C=O) groups is 2. The second-order valence-corrected chi connectivity index (χ2v) is 7.19. The Morgan fingerprint density at radius 1 is 0.964 bits per heavy atom. The van der Waals surface area contributed by atoms with Crippen LogP contribution in [0, 0.1) is 6.92 Å². The van der Waals surface area contributed by atoms with E-state index in [1.165, 1.54) is 17.1 Å². The summed E-state index contributed by atoms with van der Waals surface area (Å²) in [6.07, 6.45) is -4.81. The molecular formula is C20H21F3N2O3. The Balaban J connectivity index is 2.20. The third-order valence-electron chi connectivity index (χ3n) is 3.70. The number of benzene rings is 2. The van der Waals surface area contributed by atoms with Crippen LogP contribution < -0.4 is 10.2 Å². The van der Waals surface area contributed by atoms with Crippen molar-refractivity contribution in [3.05, 3.63) is 65.2 Å². The van der Waals surface area contributed by atoms with Gasteiger partial charge >= 0.3 is 6.36 Å². The second kappa shape index (κ2) is 7.92. The number of halogens is 3. The van der Waals surface area contributed by atoms with Crippen molar-refractivity contribution in [1.82, 2.24) is 10.4 Å². The van der Waals surface area contributed by atoms with Crippen LogP contribution in [0.25, 0.3) is 0 Å². The lowest BCUT2D eigenvalue weighted by molar-refractivity contribution is -0.274. The standard InChI is InChI=1S/C20H21F3N2O3/c1-13-6-5-7-15(12-13)18(27)25(19(2,3)4)24-17(26)14-8-10-16(11-9-14)28-20(21,22)23/h5-12H,1-4H3,(H,24,26). The monoisotopic (exact) mass is 394 g/mol. The van der Waals surface area contributed by atoms with Gasteiger partial charge in [-0.05, 0) is 64.1 Å². The number of alkyl halides is 3. The van der Waals surface area contributed by atoms with Gasteiger partial charge in [-0.25, -0.2) is 5.01 Å². The summed E-state index contributed by atoms with van der Waals surface area (Å²) in [6, 6.07) is 11.4. The summed E-state index contributed by atoms with van der Waals surface area (Å²) in [5.74, 6) is -1.47. The van der Waals surface area contributed by atoms with E-state index >= 15 is 0 Å². The Morgan fingerprint density at radius 3 is 2.07 bits per heavy atom. The van der Waals surface area contributed by atoms with Crippen molar-refractivity contribution in [3.8, 4) is 5.75 Å². The molecule has 0 aliphatic heterocycles. The maximum absolute atomic E-state index is 12.9. The SMILES string of the molecule is Cc1cccc(C(=O)N(NC(=O)c2ccc(OC(F)(F)F)cc2)C(C)(C)C)c1. The third kappa shape index (κ3) is 5.73. The van der Waals surface area contributed by atoms with E-state index in [2.05, 4.69) is 10.2 Å². The smallest absolute Gasteiger partial charge is 0.406 e. The van der Waals surface area contributed by atoms with Crippen LogP contribution in [0.1, 0.15) is 47.1 Å². The van der Waals surface area contributed by atoms with Gasteiger partial charge in [0.25, 0.3) is 11.8 Å². The number of aryl methyl sites for hydroxylation is 1. The molecule has 0 aliphatic rings. The molecule has 0 unspecified atom stereocenters. The van der Waals surface area contributed by atoms with E-state index in [1.54, 1.807) is 39.0 Å². The molecule has 0 heterocycles. The molecule has 0 fully saturated rings. The molecule has 5 nitrogen and oxygen atoms in total. The second-order valence-electron chi connectivity index (χ2n) is 7.19. The van der Waals surface area contributed by atoms with Gasteiger partial charge in [0.1, 0.15) is 5.75 Å². The first-order valence-electron chi connectivity index (χ1n) is 8.45. The van der Waals surface area contributed by atoms with Crippen LogP contribution in [0.4, 0.5) is 13.2 Å². The molecule has 0 spiro atoms. The van der Waals surface area contributed by atoms with Gasteiger partial charge in [0.15, 0.2) is 0 Å². The number of hydrogen-bond donors (Lipinski definition) is 1. The molecule has 150 valence electrons. The van der Waals surface area contributed by atoms with Crippen molar-refractivity contribution in [3.63, 3.8) is 0 Å². The van der Waals surface area contributed by atoms with Crippen molar-refractivity contribution in [1.29, 1.82) is 0 Å². The maximum atomic E-state index is 12.9. The highest BCUT2D eigenvalue weighted by atomic mass is 19.4. The Labute approximate surface area is 161 Å². The fraction of sp³-hybridized carbons (Fsp3) is 0.300. The Morgan fingerprint density at radius 2 is 1.57 bits per heavy atom. The first-order chi connectivity index (χ1) is 12.9. The number of hydrogen-bond acceptors (Lipinski definition) is 3. The summed E-state index contributed by atoms with van der Waals surface area (Å²) in [4.78, 5) is 25.4. The van der Waals surface area contributed by atoms with Crippen LogP contribution >= 0.6 is 0 Å². The lowest BCUT2D eigenvalue weighted by Crippen LogP contribution is -2.55. The molecule has 2 aromatic rings. The van der Waals surface area contributed by atoms with Crippen molar-refractivity contribution < 1.29 is 27.5 Å². The fourth-order valence-electron chi connectivity index (χ4n) is 2.40. The Bertz CT molecular complexity index is 856. The molecule has 1 N–H and O–H groups in total. The average Bonchev–Trinajstić information content (AvgIpc) is 2.57. The van der Waals surface area contributed by atoms with Crippen molar-refractivity contribution in [2.75, 3.05) is 0 Å². The molecule has 2 rings (SSSR count). The maximum Gasteiger partial charge on any atom is 0.573 e. The number of hydrazine groups is 1. The molecule has 28 heavy (non-hydrogen) atoms. The lowest BCUT2D eigenvalue weighted by atomic mass is 10.1. The molecule has 0 radical (unpaired) electrons. The van der Waals surface area contributed by atoms with Crippen LogP contribution in [-0.2, 0) is 0 Å². The first-order valence-corrected chi connectivity index (χ1v) is 8.45. The lowest BCUT2D eigenvalue weighted by Gasteiger charge is -2.35. The number of nitrogens with zero attached hydrogens (tertiary/aromatic N) is 1. The van der Waals surface area contributed by atoms with Gasteiger partial charge in [-0.15, -0.1) is 13.2 Å². The molecule has 0 aromatic heterocycles. The number of rotatable bonds is 3. The number of amides is 2. The predicted octanol–water partition coefficient (Wildman–Crippen LogP) is 4.48. The highest BCUT2D eigenvalue weighted by Gasteiger charge is 2.32. The topological polar surface area (TPSA) is 58.6 Å². The minimum atomic E-state index is -4.81. The fourth-order valence-corrected chi connectivity index (χ4v) is 2.40. The van der Waals surface area contributed by atoms with E-state index in [1.807, 2.05) is 13.0 Å². The number of nitrogens with one attached hydrogen (secondary N) is 1. The van der Waals surface area contributed by atoms with E-state index in [0.29, 0.717) is 5.56 Å². The van der Waals surface area contributed by atoms with E-state index in [-0.39, 0.29) is 5.56 Å². The van der Waals surface area contributed by atoms with Crippen LogP contribution in [0.15, 0.2) is 48.5 Å². The van der Waals surface area contributed by atoms with Crippen LogP contribution in [0.2, 0.25) is 0 Å². The molecule has 8 heteroatoms. The predicted molar refractivity (Wildman–Crippen MR) is 97.7 cm³/mol. The zero-order valence-electron chi connectivity index (χ0n) is 15.9. The molecule has 0 aliphatic carbocycles. The molecule has 2 aromatic carbocycles. The Hall–Kier alpha value is -3.03. The van der Waals surface area contributed by atoms with E-state index in [9.17, 15) is 22.8 Å². The molecule has 0 atom stereocenters. The molecule has 0 saturated carbocycles. The molecular weight excluding hydrogens is 373 g/mol. The van der Waals surface area contributed by atoms with E-state index in [0.717, 1.165) is 17.7 Å². The van der Waals surface area contributed by atoms with Crippen molar-refractivity contribution >= 4 is 11.8 Å². The first kappa shape index (κ1) is 21.3. The molecule has 0 saturated heterocycles. The van der Waals surface area contributed by atoms with Gasteiger partial charge in [-0.2, -0.15) is 0 Å². The van der Waals surface area contributed by atoms with Gasteiger partial charge in [-0.3, -0.25) is 15.0 Å². The zero-order chi connectivity index (χ0) is 21.1. The van der Waals surface area contributed by atoms with Gasteiger partial charge < -0.3 is 4.74 Å². The summed E-state index contributed by atoms with van der Waals surface area (Å²) in [5, 5.41) is 1.20. The minimum absolute atomic E-state index is 0.0841. The van der Waals surface area contributed by atoms with E-state index < -0.39 is 29.5 Å². The summed E-state index contributed by atoms with van der Waals surface area (Å²) in [7, 11) is 0. The van der Waals surface area contributed by atoms with Gasteiger partial charge in [0, 0.05) is 11.1 Å². The van der Waals surface area contributed by atoms with Crippen LogP contribution in [0.3, 0.4) is 0 Å².